The zero-order valence-corrected chi connectivity index (χ0v) is 10.6. The lowest BCUT2D eigenvalue weighted by molar-refractivity contribution is -0.143. The molecule has 2 fully saturated rings. The Balaban J connectivity index is 1.90. The fourth-order valence-electron chi connectivity index (χ4n) is 2.87. The first-order valence-electron chi connectivity index (χ1n) is 6.47. The molecule has 5 N–H and O–H groups in total. The summed E-state index contributed by atoms with van der Waals surface area (Å²) >= 11 is 0. The fourth-order valence-corrected chi connectivity index (χ4v) is 2.87. The standard InChI is InChI=1S/C12H19N3O4/c13-9(16)5-8(11(18)19)15-10(17)7-6-12(7)1-3-14-4-2-12/h7-8,14H,1-6H2,(H2,13,16)(H,15,17)(H,18,19)/t7?,8-/m1/s1. The first-order chi connectivity index (χ1) is 8.94. The number of piperidine rings is 1. The largest absolute Gasteiger partial charge is 0.480 e. The van der Waals surface area contributed by atoms with Gasteiger partial charge in [0.25, 0.3) is 0 Å². The van der Waals surface area contributed by atoms with E-state index in [9.17, 15) is 14.4 Å². The van der Waals surface area contributed by atoms with Crippen LogP contribution in [0.15, 0.2) is 0 Å². The molecular weight excluding hydrogens is 250 g/mol. The molecule has 1 aliphatic heterocycles. The number of aliphatic carboxylic acids is 1. The molecule has 2 aliphatic rings. The second kappa shape index (κ2) is 5.16. The first-order valence-corrected chi connectivity index (χ1v) is 6.47. The van der Waals surface area contributed by atoms with Crippen LogP contribution < -0.4 is 16.4 Å². The molecule has 106 valence electrons. The number of nitrogens with one attached hydrogen (secondary N) is 2. The third-order valence-electron chi connectivity index (χ3n) is 4.13. The van der Waals surface area contributed by atoms with Crippen molar-refractivity contribution in [1.29, 1.82) is 0 Å². The van der Waals surface area contributed by atoms with Gasteiger partial charge in [0.2, 0.25) is 11.8 Å². The Hall–Kier alpha value is -1.63. The Labute approximate surface area is 110 Å². The van der Waals surface area contributed by atoms with Crippen LogP contribution in [0.2, 0.25) is 0 Å². The van der Waals surface area contributed by atoms with Crippen molar-refractivity contribution in [1.82, 2.24) is 10.6 Å². The van der Waals surface area contributed by atoms with Crippen LogP contribution in [0.25, 0.3) is 0 Å². The van der Waals surface area contributed by atoms with Crippen molar-refractivity contribution in [3.63, 3.8) is 0 Å². The van der Waals surface area contributed by atoms with Gasteiger partial charge in [-0.1, -0.05) is 0 Å². The normalized spacial score (nSPS) is 25.6. The fraction of sp³-hybridized carbons (Fsp3) is 0.750. The maximum atomic E-state index is 12.0. The zero-order chi connectivity index (χ0) is 14.0. The number of carbonyl (C=O) groups is 3. The van der Waals surface area contributed by atoms with E-state index in [1.807, 2.05) is 0 Å². The van der Waals surface area contributed by atoms with Gasteiger partial charge in [-0.05, 0) is 37.8 Å². The van der Waals surface area contributed by atoms with Crippen molar-refractivity contribution in [3.05, 3.63) is 0 Å². The molecule has 1 saturated carbocycles. The predicted octanol–water partition coefficient (Wildman–Crippen LogP) is -1.18. The van der Waals surface area contributed by atoms with E-state index in [4.69, 9.17) is 10.8 Å². The lowest BCUT2D eigenvalue weighted by Crippen LogP contribution is -2.45. The molecule has 0 aromatic heterocycles. The van der Waals surface area contributed by atoms with E-state index < -0.39 is 17.9 Å². The molecule has 19 heavy (non-hydrogen) atoms. The quantitative estimate of drug-likeness (QED) is 0.500. The summed E-state index contributed by atoms with van der Waals surface area (Å²) in [4.78, 5) is 33.8. The molecule has 2 amide bonds. The van der Waals surface area contributed by atoms with Gasteiger partial charge in [0.1, 0.15) is 6.04 Å². The number of amides is 2. The van der Waals surface area contributed by atoms with Crippen LogP contribution in [0.1, 0.15) is 25.7 Å². The number of rotatable bonds is 5. The third-order valence-corrected chi connectivity index (χ3v) is 4.13. The van der Waals surface area contributed by atoms with Crippen molar-refractivity contribution in [2.75, 3.05) is 13.1 Å². The summed E-state index contributed by atoms with van der Waals surface area (Å²) < 4.78 is 0. The Morgan fingerprint density at radius 3 is 2.53 bits per heavy atom. The average Bonchev–Trinajstić information content (AvgIpc) is 3.02. The SMILES string of the molecule is NC(=O)C[C@@H](NC(=O)C1CC12CCNCC2)C(=O)O. The summed E-state index contributed by atoms with van der Waals surface area (Å²) in [5, 5.41) is 14.6. The van der Waals surface area contributed by atoms with Crippen LogP contribution in [0, 0.1) is 11.3 Å². The van der Waals surface area contributed by atoms with Gasteiger partial charge in [-0.15, -0.1) is 0 Å². The number of nitrogens with two attached hydrogens (primary N) is 1. The minimum atomic E-state index is -1.23. The number of carboxylic acid groups (broad SMARTS) is 1. The monoisotopic (exact) mass is 269 g/mol. The van der Waals surface area contributed by atoms with Crippen molar-refractivity contribution < 1.29 is 19.5 Å². The lowest BCUT2D eigenvalue weighted by atomic mass is 9.91. The summed E-state index contributed by atoms with van der Waals surface area (Å²) in [5.74, 6) is -2.35. The maximum absolute atomic E-state index is 12.0. The van der Waals surface area contributed by atoms with Crippen LogP contribution in [-0.4, -0.2) is 42.0 Å². The number of carbonyl (C=O) groups excluding carboxylic acids is 2. The molecule has 0 radical (unpaired) electrons. The van der Waals surface area contributed by atoms with Crippen LogP contribution >= 0.6 is 0 Å². The summed E-state index contributed by atoms with van der Waals surface area (Å²) in [5.41, 5.74) is 5.02. The zero-order valence-electron chi connectivity index (χ0n) is 10.6. The van der Waals surface area contributed by atoms with Crippen LogP contribution in [0.5, 0.6) is 0 Å². The maximum Gasteiger partial charge on any atom is 0.326 e. The van der Waals surface area contributed by atoms with Crippen molar-refractivity contribution in [2.24, 2.45) is 17.1 Å². The van der Waals surface area contributed by atoms with Gasteiger partial charge in [-0.2, -0.15) is 0 Å². The molecule has 7 heteroatoms. The molecular formula is C12H19N3O4. The van der Waals surface area contributed by atoms with Gasteiger partial charge in [-0.25, -0.2) is 4.79 Å². The Morgan fingerprint density at radius 2 is 2.00 bits per heavy atom. The summed E-state index contributed by atoms with van der Waals surface area (Å²) in [6.45, 7) is 1.79. The average molecular weight is 269 g/mol. The highest BCUT2D eigenvalue weighted by Crippen LogP contribution is 2.58. The molecule has 1 spiro atoms. The van der Waals surface area contributed by atoms with Crippen molar-refractivity contribution in [2.45, 2.75) is 31.7 Å². The van der Waals surface area contributed by atoms with Crippen LogP contribution in [0.4, 0.5) is 0 Å². The first kappa shape index (κ1) is 13.8. The molecule has 7 nitrogen and oxygen atoms in total. The molecule has 0 aromatic carbocycles. The van der Waals surface area contributed by atoms with E-state index >= 15 is 0 Å². The van der Waals surface area contributed by atoms with E-state index in [2.05, 4.69) is 10.6 Å². The highest BCUT2D eigenvalue weighted by molar-refractivity contribution is 5.90. The minimum Gasteiger partial charge on any atom is -0.480 e. The third kappa shape index (κ3) is 3.04. The number of primary amides is 1. The van der Waals surface area contributed by atoms with E-state index in [-0.39, 0.29) is 23.7 Å². The molecule has 1 saturated heterocycles. The van der Waals surface area contributed by atoms with Crippen LogP contribution in [0.3, 0.4) is 0 Å². The van der Waals surface area contributed by atoms with Gasteiger partial charge < -0.3 is 21.5 Å². The Morgan fingerprint density at radius 1 is 1.37 bits per heavy atom. The summed E-state index contributed by atoms with van der Waals surface area (Å²) in [7, 11) is 0. The molecule has 2 rings (SSSR count). The second-order valence-corrected chi connectivity index (χ2v) is 5.44. The van der Waals surface area contributed by atoms with Crippen LogP contribution in [-0.2, 0) is 14.4 Å². The number of hydrogen-bond donors (Lipinski definition) is 4. The van der Waals surface area contributed by atoms with Gasteiger partial charge in [0.15, 0.2) is 0 Å². The number of carboxylic acids is 1. The van der Waals surface area contributed by atoms with E-state index in [1.54, 1.807) is 0 Å². The minimum absolute atomic E-state index is 0.0467. The highest BCUT2D eigenvalue weighted by atomic mass is 16.4. The smallest absolute Gasteiger partial charge is 0.326 e. The second-order valence-electron chi connectivity index (χ2n) is 5.44. The molecule has 0 aromatic rings. The van der Waals surface area contributed by atoms with Gasteiger partial charge in [0, 0.05) is 5.92 Å². The highest BCUT2D eigenvalue weighted by Gasteiger charge is 2.57. The molecule has 2 atom stereocenters. The summed E-state index contributed by atoms with van der Waals surface area (Å²) in [6.07, 6.45) is 2.32. The molecule has 0 bridgehead atoms. The Bertz CT molecular complexity index is 404. The van der Waals surface area contributed by atoms with E-state index in [0.717, 1.165) is 32.4 Å². The molecule has 1 heterocycles. The van der Waals surface area contributed by atoms with Gasteiger partial charge in [0.05, 0.1) is 6.42 Å². The predicted molar refractivity (Wildman–Crippen MR) is 66.0 cm³/mol. The van der Waals surface area contributed by atoms with Gasteiger partial charge in [-0.3, -0.25) is 9.59 Å². The van der Waals surface area contributed by atoms with Crippen molar-refractivity contribution >= 4 is 17.8 Å². The van der Waals surface area contributed by atoms with Gasteiger partial charge >= 0.3 is 5.97 Å². The number of hydrogen-bond acceptors (Lipinski definition) is 4. The lowest BCUT2D eigenvalue weighted by Gasteiger charge is -2.23. The van der Waals surface area contributed by atoms with E-state index in [0.29, 0.717) is 0 Å². The van der Waals surface area contributed by atoms with Crippen molar-refractivity contribution in [3.8, 4) is 0 Å². The Kier molecular flexibility index (Phi) is 3.75. The molecule has 1 unspecified atom stereocenters. The topological polar surface area (TPSA) is 122 Å². The van der Waals surface area contributed by atoms with E-state index in [1.165, 1.54) is 0 Å². The molecule has 1 aliphatic carbocycles. The summed E-state index contributed by atoms with van der Waals surface area (Å²) in [6, 6.07) is -1.22.